The van der Waals surface area contributed by atoms with Crippen molar-refractivity contribution in [2.75, 3.05) is 13.7 Å². The number of allylic oxidation sites excluding steroid dienone is 1. The lowest BCUT2D eigenvalue weighted by molar-refractivity contribution is -0.120. The van der Waals surface area contributed by atoms with Crippen LogP contribution >= 0.6 is 11.3 Å². The first-order valence-corrected chi connectivity index (χ1v) is 7.63. The Hall–Kier alpha value is -2.34. The van der Waals surface area contributed by atoms with Gasteiger partial charge in [-0.15, -0.1) is 11.3 Å². The minimum absolute atomic E-state index is 0.128. The van der Waals surface area contributed by atoms with Crippen molar-refractivity contribution < 1.29 is 14.3 Å². The highest BCUT2D eigenvalue weighted by atomic mass is 32.1. The molecule has 1 amide bonds. The zero-order chi connectivity index (χ0) is 15.9. The molecule has 0 unspecified atom stereocenters. The second-order valence-electron chi connectivity index (χ2n) is 4.50. The third-order valence-corrected chi connectivity index (χ3v) is 3.73. The van der Waals surface area contributed by atoms with E-state index >= 15 is 0 Å². The Morgan fingerprint density at radius 2 is 2.23 bits per heavy atom. The van der Waals surface area contributed by atoms with E-state index in [-0.39, 0.29) is 12.5 Å². The highest BCUT2D eigenvalue weighted by Gasteiger charge is 2.07. The predicted molar refractivity (Wildman–Crippen MR) is 87.1 cm³/mol. The molecule has 0 N–H and O–H groups in total. The summed E-state index contributed by atoms with van der Waals surface area (Å²) < 4.78 is 12.6. The van der Waals surface area contributed by atoms with Crippen LogP contribution in [0.2, 0.25) is 0 Å². The van der Waals surface area contributed by atoms with Crippen LogP contribution in [0.3, 0.4) is 0 Å². The van der Waals surface area contributed by atoms with Gasteiger partial charge in [0.1, 0.15) is 0 Å². The van der Waals surface area contributed by atoms with E-state index in [1.807, 2.05) is 49.8 Å². The third kappa shape index (κ3) is 4.08. The van der Waals surface area contributed by atoms with E-state index in [1.165, 1.54) is 11.3 Å². The van der Waals surface area contributed by atoms with E-state index < -0.39 is 0 Å². The summed E-state index contributed by atoms with van der Waals surface area (Å²) in [4.78, 5) is 16.5. The molecule has 0 saturated heterocycles. The molecule has 1 aromatic heterocycles. The smallest absolute Gasteiger partial charge is 0.286 e. The number of rotatable bonds is 5. The van der Waals surface area contributed by atoms with Crippen LogP contribution in [-0.2, 0) is 11.8 Å². The molecule has 2 aromatic rings. The van der Waals surface area contributed by atoms with E-state index in [4.69, 9.17) is 9.47 Å². The van der Waals surface area contributed by atoms with E-state index in [0.29, 0.717) is 16.3 Å². The largest absolute Gasteiger partial charge is 0.493 e. The topological polar surface area (TPSA) is 52.8 Å². The lowest BCUT2D eigenvalue weighted by Gasteiger charge is -2.09. The fourth-order valence-electron chi connectivity index (χ4n) is 1.81. The SMILES string of the molecule is C/C=C/c1ccc(OCC(=O)N=c2sccn2C)c(OC)c1. The second kappa shape index (κ2) is 7.61. The number of carbonyl (C=O) groups is 1. The average Bonchev–Trinajstić information content (AvgIpc) is 2.91. The Balaban J connectivity index is 2.08. The molecule has 0 bridgehead atoms. The number of aromatic nitrogens is 1. The van der Waals surface area contributed by atoms with E-state index in [1.54, 1.807) is 17.7 Å². The fraction of sp³-hybridized carbons (Fsp3) is 0.250. The summed E-state index contributed by atoms with van der Waals surface area (Å²) in [5.41, 5.74) is 1.01. The summed E-state index contributed by atoms with van der Waals surface area (Å²) in [7, 11) is 3.41. The number of aryl methyl sites for hydroxylation is 1. The molecule has 1 aromatic carbocycles. The van der Waals surface area contributed by atoms with Gasteiger partial charge in [0.05, 0.1) is 7.11 Å². The monoisotopic (exact) mass is 318 g/mol. The van der Waals surface area contributed by atoms with Gasteiger partial charge in [-0.05, 0) is 24.6 Å². The highest BCUT2D eigenvalue weighted by molar-refractivity contribution is 7.07. The van der Waals surface area contributed by atoms with Crippen molar-refractivity contribution in [2.24, 2.45) is 12.0 Å². The molecular weight excluding hydrogens is 300 g/mol. The van der Waals surface area contributed by atoms with Gasteiger partial charge in [-0.1, -0.05) is 18.2 Å². The Kier molecular flexibility index (Phi) is 5.55. The zero-order valence-electron chi connectivity index (χ0n) is 12.8. The maximum absolute atomic E-state index is 11.9. The number of hydrogen-bond acceptors (Lipinski definition) is 4. The quantitative estimate of drug-likeness (QED) is 0.851. The summed E-state index contributed by atoms with van der Waals surface area (Å²) in [6, 6.07) is 5.54. The van der Waals surface area contributed by atoms with Gasteiger partial charge in [-0.25, -0.2) is 0 Å². The minimum atomic E-state index is -0.336. The van der Waals surface area contributed by atoms with Crippen molar-refractivity contribution in [2.45, 2.75) is 6.92 Å². The van der Waals surface area contributed by atoms with Crippen LogP contribution in [0.4, 0.5) is 0 Å². The first-order valence-electron chi connectivity index (χ1n) is 6.75. The zero-order valence-corrected chi connectivity index (χ0v) is 13.6. The molecule has 0 aliphatic carbocycles. The van der Waals surface area contributed by atoms with Gasteiger partial charge < -0.3 is 14.0 Å². The number of carbonyl (C=O) groups excluding carboxylic acids is 1. The van der Waals surface area contributed by atoms with Crippen molar-refractivity contribution >= 4 is 23.3 Å². The maximum Gasteiger partial charge on any atom is 0.286 e. The molecular formula is C16H18N2O3S. The summed E-state index contributed by atoms with van der Waals surface area (Å²) in [5, 5.41) is 1.87. The molecule has 116 valence electrons. The lowest BCUT2D eigenvalue weighted by Crippen LogP contribution is -2.16. The number of methoxy groups -OCH3 is 1. The van der Waals surface area contributed by atoms with Crippen LogP contribution in [0.15, 0.2) is 40.8 Å². The predicted octanol–water partition coefficient (Wildman–Crippen LogP) is 2.63. The van der Waals surface area contributed by atoms with Gasteiger partial charge in [0, 0.05) is 18.6 Å². The van der Waals surface area contributed by atoms with Gasteiger partial charge in [0.25, 0.3) is 5.91 Å². The van der Waals surface area contributed by atoms with Gasteiger partial charge in [-0.2, -0.15) is 4.99 Å². The maximum atomic E-state index is 11.9. The molecule has 0 aliphatic heterocycles. The fourth-order valence-corrected chi connectivity index (χ4v) is 2.56. The standard InChI is InChI=1S/C16H18N2O3S/c1-4-5-12-6-7-13(14(10-12)20-3)21-11-15(19)17-16-18(2)8-9-22-16/h4-10H,11H2,1-3H3/b5-4+,17-16?. The number of ether oxygens (including phenoxy) is 2. The molecule has 0 radical (unpaired) electrons. The molecule has 0 aliphatic rings. The van der Waals surface area contributed by atoms with Gasteiger partial charge in [-0.3, -0.25) is 4.79 Å². The number of hydrogen-bond donors (Lipinski definition) is 0. The third-order valence-electron chi connectivity index (χ3n) is 2.88. The summed E-state index contributed by atoms with van der Waals surface area (Å²) in [5.74, 6) is 0.776. The van der Waals surface area contributed by atoms with Crippen molar-refractivity contribution in [3.8, 4) is 11.5 Å². The normalized spacial score (nSPS) is 11.9. The summed E-state index contributed by atoms with van der Waals surface area (Å²) >= 11 is 1.40. The van der Waals surface area contributed by atoms with Crippen LogP contribution in [0.5, 0.6) is 11.5 Å². The van der Waals surface area contributed by atoms with Crippen molar-refractivity contribution in [3.05, 3.63) is 46.2 Å². The Bertz CT molecular complexity index is 744. The van der Waals surface area contributed by atoms with Crippen molar-refractivity contribution in [1.29, 1.82) is 0 Å². The first-order chi connectivity index (χ1) is 10.6. The average molecular weight is 318 g/mol. The lowest BCUT2D eigenvalue weighted by atomic mass is 10.2. The molecule has 5 nitrogen and oxygen atoms in total. The Morgan fingerprint density at radius 1 is 1.41 bits per heavy atom. The molecule has 0 atom stereocenters. The highest BCUT2D eigenvalue weighted by Crippen LogP contribution is 2.28. The van der Waals surface area contributed by atoms with Gasteiger partial charge in [0.15, 0.2) is 22.9 Å². The van der Waals surface area contributed by atoms with Crippen LogP contribution in [-0.4, -0.2) is 24.2 Å². The van der Waals surface area contributed by atoms with Crippen LogP contribution in [0.25, 0.3) is 6.08 Å². The molecule has 2 rings (SSSR count). The number of amides is 1. The number of benzene rings is 1. The summed E-state index contributed by atoms with van der Waals surface area (Å²) in [6.07, 6.45) is 5.75. The molecule has 0 saturated carbocycles. The number of thiazole rings is 1. The molecule has 22 heavy (non-hydrogen) atoms. The van der Waals surface area contributed by atoms with Gasteiger partial charge in [0.2, 0.25) is 0 Å². The van der Waals surface area contributed by atoms with E-state index in [2.05, 4.69) is 4.99 Å². The van der Waals surface area contributed by atoms with Crippen LogP contribution in [0.1, 0.15) is 12.5 Å². The molecule has 0 fully saturated rings. The molecule has 0 spiro atoms. The van der Waals surface area contributed by atoms with Crippen LogP contribution in [0, 0.1) is 0 Å². The Morgan fingerprint density at radius 3 is 2.86 bits per heavy atom. The van der Waals surface area contributed by atoms with E-state index in [0.717, 1.165) is 5.56 Å². The van der Waals surface area contributed by atoms with Crippen molar-refractivity contribution in [1.82, 2.24) is 4.57 Å². The molecule has 6 heteroatoms. The summed E-state index contributed by atoms with van der Waals surface area (Å²) in [6.45, 7) is 1.82. The first kappa shape index (κ1) is 16.0. The number of nitrogens with zero attached hydrogens (tertiary/aromatic N) is 2. The van der Waals surface area contributed by atoms with E-state index in [9.17, 15) is 4.79 Å². The van der Waals surface area contributed by atoms with Crippen LogP contribution < -0.4 is 14.3 Å². The van der Waals surface area contributed by atoms with Crippen molar-refractivity contribution in [3.63, 3.8) is 0 Å². The minimum Gasteiger partial charge on any atom is -0.493 e. The second-order valence-corrected chi connectivity index (χ2v) is 5.37. The molecule has 1 heterocycles. The van der Waals surface area contributed by atoms with Gasteiger partial charge >= 0.3 is 0 Å². The Labute approximate surface area is 133 Å².